The first-order valence-electron chi connectivity index (χ1n) is 15.3. The maximum absolute atomic E-state index is 12.0. The van der Waals surface area contributed by atoms with E-state index in [1.807, 2.05) is 30.3 Å². The van der Waals surface area contributed by atoms with Crippen molar-refractivity contribution < 1.29 is 19.0 Å². The Morgan fingerprint density at radius 1 is 0.744 bits per heavy atom. The summed E-state index contributed by atoms with van der Waals surface area (Å²) >= 11 is 0. The van der Waals surface area contributed by atoms with Crippen LogP contribution >= 0.6 is 0 Å². The van der Waals surface area contributed by atoms with Crippen molar-refractivity contribution >= 4 is 23.8 Å². The summed E-state index contributed by atoms with van der Waals surface area (Å²) in [6.07, 6.45) is 7.26. The molecule has 0 atom stereocenters. The van der Waals surface area contributed by atoms with Crippen LogP contribution in [0.4, 0.5) is 17.8 Å². The van der Waals surface area contributed by atoms with Crippen LogP contribution in [0, 0.1) is 5.92 Å². The summed E-state index contributed by atoms with van der Waals surface area (Å²) in [6.45, 7) is 4.36. The lowest BCUT2D eigenvalue weighted by molar-refractivity contribution is 0.0519. The Morgan fingerprint density at radius 2 is 1.37 bits per heavy atom. The molecule has 3 aromatic rings. The van der Waals surface area contributed by atoms with E-state index < -0.39 is 0 Å². The predicted molar refractivity (Wildman–Crippen MR) is 169 cm³/mol. The van der Waals surface area contributed by atoms with E-state index in [1.165, 1.54) is 37.7 Å². The first-order valence-corrected chi connectivity index (χ1v) is 15.3. The molecule has 0 spiro atoms. The molecule has 2 aromatic carbocycles. The third kappa shape index (κ3) is 12.0. The third-order valence-electron chi connectivity index (χ3n) is 7.23. The number of benzene rings is 2. The van der Waals surface area contributed by atoms with Gasteiger partial charge < -0.3 is 35.5 Å². The van der Waals surface area contributed by atoms with Gasteiger partial charge in [0.15, 0.2) is 0 Å². The maximum atomic E-state index is 12.0. The topological polar surface area (TPSA) is 132 Å². The monoisotopic (exact) mass is 591 g/mol. The molecule has 0 saturated heterocycles. The zero-order valence-electron chi connectivity index (χ0n) is 25.1. The number of hydrogen-bond donors (Lipinski definition) is 4. The summed E-state index contributed by atoms with van der Waals surface area (Å²) in [5.74, 6) is 3.01. The Balaban J connectivity index is 1.15. The Kier molecular flexibility index (Phi) is 13.8. The third-order valence-corrected chi connectivity index (χ3v) is 7.23. The molecule has 0 radical (unpaired) electrons. The zero-order chi connectivity index (χ0) is 30.0. The van der Waals surface area contributed by atoms with Gasteiger partial charge in [0, 0.05) is 31.7 Å². The molecule has 1 aliphatic rings. The number of hydrogen-bond acceptors (Lipinski definition) is 10. The molecule has 0 bridgehead atoms. The molecular weight excluding hydrogens is 546 g/mol. The van der Waals surface area contributed by atoms with Crippen LogP contribution in [0.25, 0.3) is 0 Å². The van der Waals surface area contributed by atoms with E-state index in [4.69, 9.17) is 14.2 Å². The minimum absolute atomic E-state index is 0.104. The number of ether oxygens (including phenoxy) is 3. The molecule has 11 nitrogen and oxygen atoms in total. The average Bonchev–Trinajstić information content (AvgIpc) is 3.05. The van der Waals surface area contributed by atoms with Gasteiger partial charge in [-0.2, -0.15) is 15.0 Å². The quantitative estimate of drug-likeness (QED) is 0.149. The van der Waals surface area contributed by atoms with Crippen LogP contribution in [0.1, 0.15) is 48.0 Å². The molecule has 1 amide bonds. The minimum atomic E-state index is -0.104. The molecule has 0 aliphatic heterocycles. The first kappa shape index (κ1) is 32.0. The van der Waals surface area contributed by atoms with E-state index in [2.05, 4.69) is 48.4 Å². The van der Waals surface area contributed by atoms with Gasteiger partial charge in [-0.05, 0) is 55.0 Å². The predicted octanol–water partition coefficient (Wildman–Crippen LogP) is 4.40. The molecule has 4 N–H and O–H groups in total. The lowest BCUT2D eigenvalue weighted by Gasteiger charge is -2.21. The van der Waals surface area contributed by atoms with Crippen molar-refractivity contribution in [1.29, 1.82) is 0 Å². The molecule has 1 saturated carbocycles. The van der Waals surface area contributed by atoms with Crippen molar-refractivity contribution in [3.63, 3.8) is 0 Å². The molecule has 0 unspecified atom stereocenters. The summed E-state index contributed by atoms with van der Waals surface area (Å²) in [5, 5.41) is 12.9. The Hall–Kier alpha value is -3.96. The van der Waals surface area contributed by atoms with E-state index in [1.54, 1.807) is 19.2 Å². The minimum Gasteiger partial charge on any atom is -0.497 e. The van der Waals surface area contributed by atoms with Crippen LogP contribution in [0.2, 0.25) is 0 Å². The summed E-state index contributed by atoms with van der Waals surface area (Å²) in [6, 6.07) is 17.2. The molecule has 1 heterocycles. The van der Waals surface area contributed by atoms with Gasteiger partial charge in [0.25, 0.3) is 5.91 Å². The Morgan fingerprint density at radius 3 is 2.05 bits per heavy atom. The largest absolute Gasteiger partial charge is 0.497 e. The second-order valence-electron chi connectivity index (χ2n) is 10.5. The van der Waals surface area contributed by atoms with Crippen LogP contribution in [0.3, 0.4) is 0 Å². The molecule has 1 aliphatic carbocycles. The fourth-order valence-corrected chi connectivity index (χ4v) is 4.84. The molecule has 1 fully saturated rings. The van der Waals surface area contributed by atoms with Crippen LogP contribution in [0.5, 0.6) is 5.75 Å². The van der Waals surface area contributed by atoms with E-state index in [0.717, 1.165) is 18.7 Å². The van der Waals surface area contributed by atoms with Crippen LogP contribution < -0.4 is 26.0 Å². The molecular formula is C32H45N7O4. The molecule has 232 valence electrons. The summed E-state index contributed by atoms with van der Waals surface area (Å²) in [4.78, 5) is 25.8. The lowest BCUT2D eigenvalue weighted by atomic mass is 9.89. The summed E-state index contributed by atoms with van der Waals surface area (Å²) in [7, 11) is 1.67. The molecule has 43 heavy (non-hydrogen) atoms. The fraction of sp³-hybridized carbons (Fsp3) is 0.500. The number of methoxy groups -OCH3 is 1. The van der Waals surface area contributed by atoms with Gasteiger partial charge in [-0.15, -0.1) is 0 Å². The number of aromatic nitrogens is 3. The van der Waals surface area contributed by atoms with Crippen LogP contribution in [-0.2, 0) is 15.9 Å². The number of carbonyl (C=O) groups excluding carboxylic acids is 1. The van der Waals surface area contributed by atoms with E-state index >= 15 is 0 Å². The molecule has 4 rings (SSSR count). The van der Waals surface area contributed by atoms with Crippen LogP contribution in [0.15, 0.2) is 54.6 Å². The van der Waals surface area contributed by atoms with Crippen molar-refractivity contribution in [2.24, 2.45) is 5.92 Å². The van der Waals surface area contributed by atoms with Gasteiger partial charge in [-0.3, -0.25) is 4.79 Å². The van der Waals surface area contributed by atoms with Gasteiger partial charge in [0.2, 0.25) is 17.8 Å². The van der Waals surface area contributed by atoms with E-state index in [9.17, 15) is 4.79 Å². The SMILES string of the molecule is COc1ccc(CCNc2nc(NCCOCCOCCNC(=O)c3ccccc3)nc(NCC3CCCCC3)n2)cc1. The van der Waals surface area contributed by atoms with Gasteiger partial charge in [-0.25, -0.2) is 0 Å². The Bertz CT molecular complexity index is 1210. The zero-order valence-corrected chi connectivity index (χ0v) is 25.1. The summed E-state index contributed by atoms with van der Waals surface area (Å²) in [5.41, 5.74) is 1.84. The first-order chi connectivity index (χ1) is 21.2. The van der Waals surface area contributed by atoms with Gasteiger partial charge >= 0.3 is 0 Å². The second-order valence-corrected chi connectivity index (χ2v) is 10.5. The van der Waals surface area contributed by atoms with Crippen molar-refractivity contribution in [2.45, 2.75) is 38.5 Å². The van der Waals surface area contributed by atoms with Crippen molar-refractivity contribution in [3.8, 4) is 5.75 Å². The average molecular weight is 592 g/mol. The van der Waals surface area contributed by atoms with Crippen molar-refractivity contribution in [3.05, 3.63) is 65.7 Å². The maximum Gasteiger partial charge on any atom is 0.251 e. The second kappa shape index (κ2) is 18.6. The van der Waals surface area contributed by atoms with Crippen molar-refractivity contribution in [1.82, 2.24) is 20.3 Å². The lowest BCUT2D eigenvalue weighted by Crippen LogP contribution is -2.27. The normalized spacial score (nSPS) is 13.3. The van der Waals surface area contributed by atoms with Crippen LogP contribution in [-0.4, -0.2) is 80.6 Å². The van der Waals surface area contributed by atoms with Gasteiger partial charge in [-0.1, -0.05) is 49.6 Å². The number of anilines is 3. The number of rotatable bonds is 19. The van der Waals surface area contributed by atoms with E-state index in [0.29, 0.717) is 75.4 Å². The molecule has 1 aromatic heterocycles. The van der Waals surface area contributed by atoms with Gasteiger partial charge in [0.05, 0.1) is 33.5 Å². The van der Waals surface area contributed by atoms with E-state index in [-0.39, 0.29) is 5.91 Å². The number of nitrogens with one attached hydrogen (secondary N) is 4. The molecule has 11 heteroatoms. The number of nitrogens with zero attached hydrogens (tertiary/aromatic N) is 3. The Labute approximate surface area is 254 Å². The standard InChI is InChI=1S/C32H45N7O4/c1-41-28-14-12-25(13-15-28)16-17-34-30-37-31(39-32(38-30)36-24-26-8-4-2-5-9-26)35-19-21-43-23-22-42-20-18-33-29(40)27-10-6-3-7-11-27/h3,6-7,10-15,26H,2,4-5,8-9,16-24H2,1H3,(H,33,40)(H3,34,35,36,37,38,39). The fourth-order valence-electron chi connectivity index (χ4n) is 4.84. The number of carbonyl (C=O) groups is 1. The highest BCUT2D eigenvalue weighted by atomic mass is 16.5. The highest BCUT2D eigenvalue weighted by molar-refractivity contribution is 5.94. The number of amides is 1. The highest BCUT2D eigenvalue weighted by Gasteiger charge is 2.14. The van der Waals surface area contributed by atoms with Crippen molar-refractivity contribution in [2.75, 3.05) is 75.7 Å². The highest BCUT2D eigenvalue weighted by Crippen LogP contribution is 2.24. The smallest absolute Gasteiger partial charge is 0.251 e. The summed E-state index contributed by atoms with van der Waals surface area (Å²) < 4.78 is 16.5. The van der Waals surface area contributed by atoms with Gasteiger partial charge in [0.1, 0.15) is 5.75 Å².